The molecule has 0 bridgehead atoms. The molecule has 0 aromatic heterocycles. The molecule has 0 saturated heterocycles. The molecule has 1 saturated carbocycles. The van der Waals surface area contributed by atoms with Crippen LogP contribution in [0.15, 0.2) is 23.8 Å². The highest BCUT2D eigenvalue weighted by Crippen LogP contribution is 2.47. The van der Waals surface area contributed by atoms with Crippen LogP contribution in [0.3, 0.4) is 0 Å². The number of fused-ring (bicyclic) bond motifs is 1. The van der Waals surface area contributed by atoms with Gasteiger partial charge in [0.1, 0.15) is 0 Å². The van der Waals surface area contributed by atoms with E-state index in [0.29, 0.717) is 0 Å². The van der Waals surface area contributed by atoms with Gasteiger partial charge < -0.3 is 0 Å². The number of rotatable bonds is 1. The van der Waals surface area contributed by atoms with E-state index in [1.165, 1.54) is 31.3 Å². The Balaban J connectivity index is 2.20. The van der Waals surface area contributed by atoms with Crippen molar-refractivity contribution >= 4 is 0 Å². The average Bonchev–Trinajstić information content (AvgIpc) is 2.43. The van der Waals surface area contributed by atoms with Gasteiger partial charge in [-0.1, -0.05) is 30.7 Å². The van der Waals surface area contributed by atoms with Crippen molar-refractivity contribution in [2.24, 2.45) is 23.7 Å². The maximum absolute atomic E-state index is 4.16. The molecule has 4 unspecified atom stereocenters. The molecule has 1 fully saturated rings. The molecule has 0 radical (unpaired) electrons. The lowest BCUT2D eigenvalue weighted by Gasteiger charge is -2.25. The number of hydrogen-bond acceptors (Lipinski definition) is 0. The van der Waals surface area contributed by atoms with E-state index in [-0.39, 0.29) is 0 Å². The molecule has 0 N–H and O–H groups in total. The van der Waals surface area contributed by atoms with E-state index >= 15 is 0 Å². The summed E-state index contributed by atoms with van der Waals surface area (Å²) < 4.78 is 0. The van der Waals surface area contributed by atoms with Crippen molar-refractivity contribution in [2.75, 3.05) is 0 Å². The summed E-state index contributed by atoms with van der Waals surface area (Å²) in [4.78, 5) is 0. The second-order valence-corrected chi connectivity index (χ2v) is 5.79. The minimum absolute atomic E-state index is 0.746. The third kappa shape index (κ3) is 2.04. The summed E-state index contributed by atoms with van der Waals surface area (Å²) in [5.74, 6) is 3.50. The first-order valence-electron chi connectivity index (χ1n) is 6.41. The second kappa shape index (κ2) is 4.15. The van der Waals surface area contributed by atoms with Crippen LogP contribution in [0.25, 0.3) is 0 Å². The molecule has 0 amide bonds. The molecule has 84 valence electrons. The van der Waals surface area contributed by atoms with E-state index in [2.05, 4.69) is 33.4 Å². The standard InChI is InChI=1S/C15H24/c1-10(2)13-7-5-11(3)14-8-6-12(4)15(14)9-13/h5,12-15H,1,6-9H2,2-4H3. The fraction of sp³-hybridized carbons (Fsp3) is 0.733. The number of hydrogen-bond donors (Lipinski definition) is 0. The SMILES string of the molecule is C=C(C)C1CC=C(C)C2CCC(C)C2C1. The van der Waals surface area contributed by atoms with Crippen molar-refractivity contribution in [2.45, 2.75) is 46.5 Å². The normalized spacial score (nSPS) is 40.6. The zero-order valence-corrected chi connectivity index (χ0v) is 10.4. The Bertz CT molecular complexity index is 284. The molecule has 15 heavy (non-hydrogen) atoms. The lowest BCUT2D eigenvalue weighted by Crippen LogP contribution is -2.16. The predicted molar refractivity (Wildman–Crippen MR) is 66.7 cm³/mol. The van der Waals surface area contributed by atoms with Crippen LogP contribution in [0.4, 0.5) is 0 Å². The van der Waals surface area contributed by atoms with Gasteiger partial charge in [0.05, 0.1) is 0 Å². The van der Waals surface area contributed by atoms with Crippen molar-refractivity contribution in [1.82, 2.24) is 0 Å². The molecule has 2 aliphatic carbocycles. The fourth-order valence-corrected chi connectivity index (χ4v) is 3.54. The maximum Gasteiger partial charge on any atom is -0.0171 e. The van der Waals surface area contributed by atoms with Crippen LogP contribution in [0.5, 0.6) is 0 Å². The van der Waals surface area contributed by atoms with E-state index < -0.39 is 0 Å². The summed E-state index contributed by atoms with van der Waals surface area (Å²) in [6.07, 6.45) is 7.97. The molecule has 2 aliphatic rings. The highest BCUT2D eigenvalue weighted by Gasteiger charge is 2.36. The van der Waals surface area contributed by atoms with Crippen LogP contribution in [-0.2, 0) is 0 Å². The van der Waals surface area contributed by atoms with Gasteiger partial charge in [0.25, 0.3) is 0 Å². The van der Waals surface area contributed by atoms with Crippen molar-refractivity contribution < 1.29 is 0 Å². The lowest BCUT2D eigenvalue weighted by atomic mass is 9.80. The first-order valence-corrected chi connectivity index (χ1v) is 6.41. The van der Waals surface area contributed by atoms with Crippen LogP contribution >= 0.6 is 0 Å². The Labute approximate surface area is 94.5 Å². The summed E-state index contributed by atoms with van der Waals surface area (Å²) in [5, 5.41) is 0. The van der Waals surface area contributed by atoms with Gasteiger partial charge in [-0.3, -0.25) is 0 Å². The summed E-state index contributed by atoms with van der Waals surface area (Å²) in [6, 6.07) is 0. The summed E-state index contributed by atoms with van der Waals surface area (Å²) in [7, 11) is 0. The van der Waals surface area contributed by atoms with Crippen LogP contribution < -0.4 is 0 Å². The smallest absolute Gasteiger partial charge is 0.0171 e. The summed E-state index contributed by atoms with van der Waals surface area (Å²) >= 11 is 0. The quantitative estimate of drug-likeness (QED) is 0.548. The monoisotopic (exact) mass is 204 g/mol. The molecular weight excluding hydrogens is 180 g/mol. The van der Waals surface area contributed by atoms with E-state index in [1.54, 1.807) is 5.57 Å². The Kier molecular flexibility index (Phi) is 3.04. The molecular formula is C15H24. The van der Waals surface area contributed by atoms with Gasteiger partial charge in [-0.25, -0.2) is 0 Å². The first-order chi connectivity index (χ1) is 7.09. The summed E-state index contributed by atoms with van der Waals surface area (Å²) in [6.45, 7) is 11.1. The van der Waals surface area contributed by atoms with Crippen molar-refractivity contribution in [3.63, 3.8) is 0 Å². The molecule has 2 rings (SSSR count). The summed E-state index contributed by atoms with van der Waals surface area (Å²) in [5.41, 5.74) is 3.05. The fourth-order valence-electron chi connectivity index (χ4n) is 3.54. The van der Waals surface area contributed by atoms with E-state index in [0.717, 1.165) is 23.7 Å². The van der Waals surface area contributed by atoms with Gasteiger partial charge in [0.15, 0.2) is 0 Å². The first kappa shape index (κ1) is 11.0. The third-order valence-electron chi connectivity index (χ3n) is 4.74. The van der Waals surface area contributed by atoms with Gasteiger partial charge in [-0.05, 0) is 63.2 Å². The van der Waals surface area contributed by atoms with Crippen LogP contribution in [0, 0.1) is 23.7 Å². The van der Waals surface area contributed by atoms with Crippen molar-refractivity contribution in [1.29, 1.82) is 0 Å². The minimum atomic E-state index is 0.746. The molecule has 0 nitrogen and oxygen atoms in total. The lowest BCUT2D eigenvalue weighted by molar-refractivity contribution is 0.305. The van der Waals surface area contributed by atoms with Crippen LogP contribution in [-0.4, -0.2) is 0 Å². The largest absolute Gasteiger partial charge is 0.0998 e. The van der Waals surface area contributed by atoms with Gasteiger partial charge >= 0.3 is 0 Å². The molecule has 0 aromatic rings. The van der Waals surface area contributed by atoms with E-state index in [9.17, 15) is 0 Å². The van der Waals surface area contributed by atoms with Gasteiger partial charge in [0, 0.05) is 0 Å². The van der Waals surface area contributed by atoms with Gasteiger partial charge in [-0.15, -0.1) is 0 Å². The maximum atomic E-state index is 4.16. The molecule has 0 spiro atoms. The Morgan fingerprint density at radius 2 is 2.13 bits per heavy atom. The van der Waals surface area contributed by atoms with E-state index in [1.807, 2.05) is 0 Å². The molecule has 0 aromatic carbocycles. The van der Waals surface area contributed by atoms with Crippen LogP contribution in [0.2, 0.25) is 0 Å². The number of allylic oxidation sites excluding steroid dienone is 3. The zero-order valence-electron chi connectivity index (χ0n) is 10.4. The second-order valence-electron chi connectivity index (χ2n) is 5.79. The molecule has 0 heterocycles. The van der Waals surface area contributed by atoms with Crippen LogP contribution in [0.1, 0.15) is 46.5 Å². The zero-order chi connectivity index (χ0) is 11.0. The Morgan fingerprint density at radius 3 is 2.80 bits per heavy atom. The highest BCUT2D eigenvalue weighted by molar-refractivity contribution is 5.14. The predicted octanol–water partition coefficient (Wildman–Crippen LogP) is 4.58. The van der Waals surface area contributed by atoms with E-state index in [4.69, 9.17) is 0 Å². The minimum Gasteiger partial charge on any atom is -0.0998 e. The molecule has 4 atom stereocenters. The highest BCUT2D eigenvalue weighted by atomic mass is 14.4. The van der Waals surface area contributed by atoms with Crippen molar-refractivity contribution in [3.8, 4) is 0 Å². The molecule has 0 heteroatoms. The van der Waals surface area contributed by atoms with Gasteiger partial charge in [-0.2, -0.15) is 0 Å². The topological polar surface area (TPSA) is 0 Å². The Hall–Kier alpha value is -0.520. The van der Waals surface area contributed by atoms with Gasteiger partial charge in [0.2, 0.25) is 0 Å². The Morgan fingerprint density at radius 1 is 1.40 bits per heavy atom. The van der Waals surface area contributed by atoms with Crippen molar-refractivity contribution in [3.05, 3.63) is 23.8 Å². The average molecular weight is 204 g/mol. The molecule has 0 aliphatic heterocycles. The third-order valence-corrected chi connectivity index (χ3v) is 4.74.